The largest absolute Gasteiger partial charge is 0.346 e. The number of aromatic nitrogens is 1. The number of benzene rings is 1. The number of nitrogens with one attached hydrogen (secondary N) is 1. The van der Waals surface area contributed by atoms with Crippen LogP contribution in [0.2, 0.25) is 0 Å². The molecule has 107 valence electrons. The minimum absolute atomic E-state index is 0.124. The molecular weight excluding hydrogens is 282 g/mol. The number of rotatable bonds is 3. The third-order valence-electron chi connectivity index (χ3n) is 3.29. The van der Waals surface area contributed by atoms with Crippen molar-refractivity contribution in [3.63, 3.8) is 0 Å². The van der Waals surface area contributed by atoms with Crippen molar-refractivity contribution in [2.45, 2.75) is 6.92 Å². The molecule has 0 spiro atoms. The van der Waals surface area contributed by atoms with E-state index >= 15 is 0 Å². The molecule has 0 saturated carbocycles. The lowest BCUT2D eigenvalue weighted by atomic mass is 10.2. The summed E-state index contributed by atoms with van der Waals surface area (Å²) in [5.41, 5.74) is 2.31. The van der Waals surface area contributed by atoms with E-state index < -0.39 is 0 Å². The summed E-state index contributed by atoms with van der Waals surface area (Å²) >= 11 is 1.86. The second-order valence-electron chi connectivity index (χ2n) is 4.87. The number of carbonyl (C=O) groups is 1. The Labute approximate surface area is 128 Å². The van der Waals surface area contributed by atoms with Gasteiger partial charge in [-0.15, -0.1) is 11.8 Å². The van der Waals surface area contributed by atoms with Crippen molar-refractivity contribution in [3.05, 3.63) is 53.7 Å². The smallest absolute Gasteiger partial charge is 0.259 e. The standard InChI is InChI=1S/C16H16N3OS/c1-12-7-8-14(15(17-12)19-9-10-21-11-19)16(20)18-13-5-3-2-4-6-13/h3-8H,9-11H2,1H3,(H,18,20). The molecule has 3 rings (SSSR count). The van der Waals surface area contributed by atoms with Gasteiger partial charge in [0.2, 0.25) is 0 Å². The molecule has 1 radical (unpaired) electrons. The zero-order valence-electron chi connectivity index (χ0n) is 11.8. The third-order valence-corrected chi connectivity index (χ3v) is 4.25. The van der Waals surface area contributed by atoms with E-state index in [9.17, 15) is 4.79 Å². The highest BCUT2D eigenvalue weighted by Gasteiger charge is 2.21. The van der Waals surface area contributed by atoms with Crippen LogP contribution >= 0.6 is 11.8 Å². The molecule has 1 amide bonds. The number of nitrogens with zero attached hydrogens (tertiary/aromatic N) is 2. The normalized spacial score (nSPS) is 14.2. The number of thioether (sulfide) groups is 1. The summed E-state index contributed by atoms with van der Waals surface area (Å²) < 4.78 is 0. The molecular formula is C16H16N3OS. The molecule has 2 heterocycles. The van der Waals surface area contributed by atoms with Gasteiger partial charge in [-0.3, -0.25) is 4.79 Å². The van der Waals surface area contributed by atoms with Crippen molar-refractivity contribution in [3.8, 4) is 0 Å². The Hall–Kier alpha value is -2.01. The number of aryl methyl sites for hydroxylation is 1. The molecule has 21 heavy (non-hydrogen) atoms. The Balaban J connectivity index is 1.88. The molecule has 1 aliphatic rings. The average molecular weight is 298 g/mol. The number of pyridine rings is 1. The highest BCUT2D eigenvalue weighted by atomic mass is 32.2. The molecule has 1 fully saturated rings. The topological polar surface area (TPSA) is 45.2 Å². The summed E-state index contributed by atoms with van der Waals surface area (Å²) in [6.45, 7) is 2.88. The molecule has 1 aliphatic heterocycles. The molecule has 2 aromatic rings. The summed E-state index contributed by atoms with van der Waals surface area (Å²) in [5.74, 6) is 2.61. The first-order chi connectivity index (χ1) is 10.2. The minimum atomic E-state index is -0.124. The van der Waals surface area contributed by atoms with Crippen LogP contribution in [0.4, 0.5) is 11.5 Å². The fourth-order valence-corrected chi connectivity index (χ4v) is 3.16. The van der Waals surface area contributed by atoms with E-state index in [2.05, 4.69) is 21.3 Å². The van der Waals surface area contributed by atoms with Gasteiger partial charge in [0.05, 0.1) is 11.4 Å². The van der Waals surface area contributed by atoms with Crippen LogP contribution in [0.5, 0.6) is 0 Å². The van der Waals surface area contributed by atoms with E-state index in [1.54, 1.807) is 12.1 Å². The van der Waals surface area contributed by atoms with Crippen LogP contribution in [-0.2, 0) is 0 Å². The summed E-state index contributed by atoms with van der Waals surface area (Å²) in [6.07, 6.45) is 0. The van der Waals surface area contributed by atoms with E-state index in [0.29, 0.717) is 5.56 Å². The highest BCUT2D eigenvalue weighted by Crippen LogP contribution is 2.25. The van der Waals surface area contributed by atoms with Gasteiger partial charge in [-0.2, -0.15) is 0 Å². The maximum Gasteiger partial charge on any atom is 0.259 e. The number of anilines is 2. The molecule has 4 nitrogen and oxygen atoms in total. The number of hydrogen-bond acceptors (Lipinski definition) is 4. The predicted octanol–water partition coefficient (Wildman–Crippen LogP) is 2.95. The zero-order chi connectivity index (χ0) is 14.7. The first kappa shape index (κ1) is 13.9. The van der Waals surface area contributed by atoms with Crippen LogP contribution in [0.25, 0.3) is 0 Å². The maximum atomic E-state index is 12.5. The third kappa shape index (κ3) is 3.19. The van der Waals surface area contributed by atoms with Gasteiger partial charge in [0.25, 0.3) is 5.91 Å². The Morgan fingerprint density at radius 2 is 2.14 bits per heavy atom. The second-order valence-corrected chi connectivity index (χ2v) is 5.94. The fraction of sp³-hybridized carbons (Fsp3) is 0.250. The monoisotopic (exact) mass is 298 g/mol. The molecule has 0 aliphatic carbocycles. The summed E-state index contributed by atoms with van der Waals surface area (Å²) in [7, 11) is 0. The first-order valence-electron chi connectivity index (χ1n) is 6.82. The van der Waals surface area contributed by atoms with E-state index in [4.69, 9.17) is 0 Å². The maximum absolute atomic E-state index is 12.5. The Kier molecular flexibility index (Phi) is 4.10. The fourth-order valence-electron chi connectivity index (χ4n) is 2.21. The molecule has 1 aromatic carbocycles. The Morgan fingerprint density at radius 3 is 2.86 bits per heavy atom. The van der Waals surface area contributed by atoms with Crippen molar-refractivity contribution in [1.29, 1.82) is 0 Å². The molecule has 5 heteroatoms. The van der Waals surface area contributed by atoms with Gasteiger partial charge in [-0.25, -0.2) is 4.98 Å². The molecule has 0 bridgehead atoms. The summed E-state index contributed by atoms with van der Waals surface area (Å²) in [6, 6.07) is 13.9. The summed E-state index contributed by atoms with van der Waals surface area (Å²) in [5, 5.41) is 2.91. The van der Waals surface area contributed by atoms with E-state index in [0.717, 1.165) is 35.4 Å². The quantitative estimate of drug-likeness (QED) is 0.946. The lowest BCUT2D eigenvalue weighted by molar-refractivity contribution is 0.102. The van der Waals surface area contributed by atoms with E-state index in [-0.39, 0.29) is 5.91 Å². The lowest BCUT2D eigenvalue weighted by Gasteiger charge is -2.19. The van der Waals surface area contributed by atoms with Crippen LogP contribution < -0.4 is 10.2 Å². The van der Waals surface area contributed by atoms with Gasteiger partial charge in [0.15, 0.2) is 0 Å². The van der Waals surface area contributed by atoms with Crippen LogP contribution in [0.3, 0.4) is 0 Å². The molecule has 1 aromatic heterocycles. The first-order valence-corrected chi connectivity index (χ1v) is 7.97. The molecule has 1 saturated heterocycles. The van der Waals surface area contributed by atoms with E-state index in [1.165, 1.54) is 0 Å². The van der Waals surface area contributed by atoms with Gasteiger partial charge in [0, 0.05) is 23.7 Å². The molecule has 0 unspecified atom stereocenters. The van der Waals surface area contributed by atoms with Crippen molar-refractivity contribution >= 4 is 29.2 Å². The van der Waals surface area contributed by atoms with Crippen molar-refractivity contribution in [1.82, 2.24) is 4.98 Å². The second kappa shape index (κ2) is 6.18. The SMILES string of the molecule is Cc1ccc(C(=O)Nc2cc[c]cc2)c(N2CCSC2)n1. The number of hydrogen-bond donors (Lipinski definition) is 1. The van der Waals surface area contributed by atoms with Gasteiger partial charge >= 0.3 is 0 Å². The van der Waals surface area contributed by atoms with Gasteiger partial charge in [-0.1, -0.05) is 12.1 Å². The summed E-state index contributed by atoms with van der Waals surface area (Å²) in [4.78, 5) is 19.2. The van der Waals surface area contributed by atoms with Gasteiger partial charge in [-0.05, 0) is 37.3 Å². The predicted molar refractivity (Wildman–Crippen MR) is 86.9 cm³/mol. The average Bonchev–Trinajstić information content (AvgIpc) is 3.02. The van der Waals surface area contributed by atoms with E-state index in [1.807, 2.05) is 43.0 Å². The van der Waals surface area contributed by atoms with Gasteiger partial charge in [0.1, 0.15) is 5.82 Å². The van der Waals surface area contributed by atoms with Crippen molar-refractivity contribution < 1.29 is 4.79 Å². The highest BCUT2D eigenvalue weighted by molar-refractivity contribution is 7.99. The van der Waals surface area contributed by atoms with Crippen LogP contribution in [0.15, 0.2) is 36.4 Å². The van der Waals surface area contributed by atoms with Crippen molar-refractivity contribution in [2.75, 3.05) is 28.4 Å². The van der Waals surface area contributed by atoms with Crippen molar-refractivity contribution in [2.24, 2.45) is 0 Å². The van der Waals surface area contributed by atoms with Gasteiger partial charge < -0.3 is 10.2 Å². The molecule has 0 atom stereocenters. The van der Waals surface area contributed by atoms with Crippen LogP contribution in [0.1, 0.15) is 16.1 Å². The van der Waals surface area contributed by atoms with Crippen LogP contribution in [0, 0.1) is 13.0 Å². The minimum Gasteiger partial charge on any atom is -0.346 e. The lowest BCUT2D eigenvalue weighted by Crippen LogP contribution is -2.24. The number of amides is 1. The Morgan fingerprint density at radius 1 is 1.33 bits per heavy atom. The Bertz CT molecular complexity index is 639. The molecule has 1 N–H and O–H groups in total. The number of carbonyl (C=O) groups excluding carboxylic acids is 1. The van der Waals surface area contributed by atoms with Crippen LogP contribution in [-0.4, -0.2) is 29.1 Å². The zero-order valence-corrected chi connectivity index (χ0v) is 12.6.